The Morgan fingerprint density at radius 3 is 2.28 bits per heavy atom. The number of para-hydroxylation sites is 1. The van der Waals surface area contributed by atoms with E-state index in [1.54, 1.807) is 0 Å². The highest BCUT2D eigenvalue weighted by atomic mass is 14.7. The summed E-state index contributed by atoms with van der Waals surface area (Å²) in [6.07, 6.45) is 10.6. The van der Waals surface area contributed by atoms with E-state index in [-0.39, 0.29) is 0 Å². The zero-order chi connectivity index (χ0) is 24.1. The molecule has 1 aliphatic rings. The summed E-state index contributed by atoms with van der Waals surface area (Å²) in [5.74, 6) is 0. The van der Waals surface area contributed by atoms with Gasteiger partial charge in [-0.15, -0.1) is 0 Å². The lowest BCUT2D eigenvalue weighted by molar-refractivity contribution is 1.17. The minimum Gasteiger partial charge on any atom is -0.248 e. The average molecular weight is 460 g/mol. The molecule has 0 spiro atoms. The molecule has 0 saturated heterocycles. The predicted octanol–water partition coefficient (Wildman–Crippen LogP) is 9.20. The van der Waals surface area contributed by atoms with Gasteiger partial charge in [0.1, 0.15) is 0 Å². The van der Waals surface area contributed by atoms with Crippen LogP contribution >= 0.6 is 0 Å². The van der Waals surface area contributed by atoms with Crippen LogP contribution in [0.4, 0.5) is 0 Å². The molecule has 0 unspecified atom stereocenters. The number of fused-ring (bicyclic) bond motifs is 1. The van der Waals surface area contributed by atoms with Crippen LogP contribution in [0.25, 0.3) is 48.8 Å². The Bertz CT molecular complexity index is 1880. The van der Waals surface area contributed by atoms with Gasteiger partial charge in [-0.25, -0.2) is 4.98 Å². The van der Waals surface area contributed by atoms with Crippen molar-refractivity contribution in [1.82, 2.24) is 4.98 Å². The van der Waals surface area contributed by atoms with Crippen LogP contribution in [0.2, 0.25) is 0 Å². The van der Waals surface area contributed by atoms with Gasteiger partial charge in [0, 0.05) is 11.0 Å². The molecular formula is C35H25N. The van der Waals surface area contributed by atoms with Crippen molar-refractivity contribution in [2.45, 2.75) is 12.8 Å². The van der Waals surface area contributed by atoms with E-state index in [1.807, 2.05) is 12.1 Å². The molecule has 0 N–H and O–H groups in total. The summed E-state index contributed by atoms with van der Waals surface area (Å²) in [6.45, 7) is 4.11. The minimum atomic E-state index is 0.849. The lowest BCUT2D eigenvalue weighted by atomic mass is 9.90. The highest BCUT2D eigenvalue weighted by Crippen LogP contribution is 2.37. The van der Waals surface area contributed by atoms with Crippen LogP contribution in [0.15, 0.2) is 133 Å². The van der Waals surface area contributed by atoms with Gasteiger partial charge in [-0.3, -0.25) is 0 Å². The molecule has 6 aromatic rings. The molecule has 0 atom stereocenters. The highest BCUT2D eigenvalue weighted by molar-refractivity contribution is 6.23. The van der Waals surface area contributed by atoms with Crippen LogP contribution in [0.5, 0.6) is 0 Å². The van der Waals surface area contributed by atoms with Gasteiger partial charge < -0.3 is 0 Å². The quantitative estimate of drug-likeness (QED) is 0.239. The van der Waals surface area contributed by atoms with Gasteiger partial charge in [0.05, 0.1) is 11.2 Å². The Balaban J connectivity index is 1.28. The number of benzene rings is 5. The molecule has 1 nitrogen and oxygen atoms in total. The van der Waals surface area contributed by atoms with Gasteiger partial charge in [0.15, 0.2) is 0 Å². The lowest BCUT2D eigenvalue weighted by Gasteiger charge is -2.14. The van der Waals surface area contributed by atoms with Gasteiger partial charge in [-0.05, 0) is 74.0 Å². The molecule has 1 heterocycles. The first-order valence-electron chi connectivity index (χ1n) is 12.5. The van der Waals surface area contributed by atoms with Crippen molar-refractivity contribution in [3.8, 4) is 0 Å². The number of rotatable bonds is 4. The van der Waals surface area contributed by atoms with Crippen molar-refractivity contribution in [3.63, 3.8) is 0 Å². The molecule has 36 heavy (non-hydrogen) atoms. The van der Waals surface area contributed by atoms with Crippen molar-refractivity contribution in [1.29, 1.82) is 0 Å². The molecule has 0 aliphatic heterocycles. The third-order valence-electron chi connectivity index (χ3n) is 7.53. The topological polar surface area (TPSA) is 12.9 Å². The third-order valence-corrected chi connectivity index (χ3v) is 7.53. The third kappa shape index (κ3) is 3.36. The first-order chi connectivity index (χ1) is 17.8. The van der Waals surface area contributed by atoms with Crippen molar-refractivity contribution in [3.05, 3.63) is 144 Å². The highest BCUT2D eigenvalue weighted by Gasteiger charge is 2.13. The summed E-state index contributed by atoms with van der Waals surface area (Å²) < 4.78 is 0. The van der Waals surface area contributed by atoms with Crippen LogP contribution < -0.4 is 0 Å². The van der Waals surface area contributed by atoms with E-state index in [1.165, 1.54) is 49.0 Å². The number of hydrogen-bond acceptors (Lipinski definition) is 1. The molecule has 0 amide bonds. The van der Waals surface area contributed by atoms with Crippen LogP contribution in [0.3, 0.4) is 0 Å². The summed E-state index contributed by atoms with van der Waals surface area (Å²) in [7, 11) is 0. The second-order valence-corrected chi connectivity index (χ2v) is 9.61. The fraction of sp³-hybridized carbons (Fsp3) is 0.0571. The number of nitrogens with zero attached hydrogens (tertiary/aromatic N) is 1. The first-order valence-corrected chi connectivity index (χ1v) is 12.5. The largest absolute Gasteiger partial charge is 0.248 e. The maximum atomic E-state index is 4.96. The Morgan fingerprint density at radius 1 is 0.694 bits per heavy atom. The second-order valence-electron chi connectivity index (χ2n) is 9.61. The van der Waals surface area contributed by atoms with Gasteiger partial charge in [0.2, 0.25) is 0 Å². The maximum absolute atomic E-state index is 4.96. The summed E-state index contributed by atoms with van der Waals surface area (Å²) in [5.41, 5.74) is 7.06. The van der Waals surface area contributed by atoms with Crippen molar-refractivity contribution < 1.29 is 0 Å². The molecule has 7 rings (SSSR count). The smallest absolute Gasteiger partial charge is 0.0712 e. The molecule has 5 aromatic carbocycles. The normalized spacial score (nSPS) is 14.2. The predicted molar refractivity (Wildman–Crippen MR) is 155 cm³/mol. The first kappa shape index (κ1) is 20.8. The molecular weight excluding hydrogens is 434 g/mol. The molecule has 1 aliphatic carbocycles. The van der Waals surface area contributed by atoms with E-state index in [0.29, 0.717) is 0 Å². The molecule has 1 heteroatoms. The van der Waals surface area contributed by atoms with Gasteiger partial charge in [-0.2, -0.15) is 0 Å². The molecule has 0 fully saturated rings. The summed E-state index contributed by atoms with van der Waals surface area (Å²) in [5, 5.41) is 9.19. The van der Waals surface area contributed by atoms with Crippen LogP contribution in [0.1, 0.15) is 17.7 Å². The Kier molecular flexibility index (Phi) is 4.82. The van der Waals surface area contributed by atoms with Gasteiger partial charge in [0.25, 0.3) is 0 Å². The van der Waals surface area contributed by atoms with Gasteiger partial charge >= 0.3 is 0 Å². The van der Waals surface area contributed by atoms with Crippen molar-refractivity contribution in [2.24, 2.45) is 0 Å². The molecule has 0 radical (unpaired) electrons. The van der Waals surface area contributed by atoms with Crippen LogP contribution in [-0.2, 0) is 6.42 Å². The second kappa shape index (κ2) is 8.32. The zero-order valence-corrected chi connectivity index (χ0v) is 20.0. The van der Waals surface area contributed by atoms with E-state index < -0.39 is 0 Å². The maximum Gasteiger partial charge on any atom is 0.0712 e. The summed E-state index contributed by atoms with van der Waals surface area (Å²) in [6, 6.07) is 32.8. The van der Waals surface area contributed by atoms with E-state index in [4.69, 9.17) is 4.98 Å². The molecule has 0 saturated carbocycles. The van der Waals surface area contributed by atoms with Crippen LogP contribution in [0, 0.1) is 0 Å². The van der Waals surface area contributed by atoms with E-state index in [9.17, 15) is 0 Å². The minimum absolute atomic E-state index is 0.849. The summed E-state index contributed by atoms with van der Waals surface area (Å²) >= 11 is 0. The number of aromatic nitrogens is 1. The SMILES string of the molecule is C=CC1=C(c2ccc3ccccc3n2)C=CC(Cc2ccc3ccc4cccc5ccc2c3c45)=CC1. The molecule has 0 bridgehead atoms. The van der Waals surface area contributed by atoms with Crippen LogP contribution in [-0.4, -0.2) is 4.98 Å². The Hall–Kier alpha value is -4.49. The van der Waals surface area contributed by atoms with E-state index in [0.717, 1.165) is 35.0 Å². The summed E-state index contributed by atoms with van der Waals surface area (Å²) in [4.78, 5) is 4.96. The van der Waals surface area contributed by atoms with Crippen molar-refractivity contribution in [2.75, 3.05) is 0 Å². The van der Waals surface area contributed by atoms with E-state index >= 15 is 0 Å². The molecule has 170 valence electrons. The fourth-order valence-corrected chi connectivity index (χ4v) is 5.68. The van der Waals surface area contributed by atoms with Gasteiger partial charge in [-0.1, -0.05) is 110 Å². The monoisotopic (exact) mass is 459 g/mol. The zero-order valence-electron chi connectivity index (χ0n) is 20.0. The average Bonchev–Trinajstić information content (AvgIpc) is 3.14. The standard InChI is InChI=1S/C35H25N/c1-2-24-12-10-23(11-19-30(24)33-21-18-25-6-3-4-9-32(25)36-33)22-29-16-15-28-14-13-26-7-5-8-27-17-20-31(29)35(28)34(26)27/h2-11,13-21H,1,12,22H2. The molecule has 1 aromatic heterocycles. The number of allylic oxidation sites excluding steroid dienone is 7. The Labute approximate surface area is 210 Å². The lowest BCUT2D eigenvalue weighted by Crippen LogP contribution is -1.92. The number of pyridine rings is 1. The van der Waals surface area contributed by atoms with E-state index in [2.05, 4.69) is 110 Å². The van der Waals surface area contributed by atoms with Crippen molar-refractivity contribution >= 4 is 48.8 Å². The fourth-order valence-electron chi connectivity index (χ4n) is 5.68. The Morgan fingerprint density at radius 2 is 1.42 bits per heavy atom. The number of hydrogen-bond donors (Lipinski definition) is 0.